The van der Waals surface area contributed by atoms with E-state index in [4.69, 9.17) is 18.9 Å². The summed E-state index contributed by atoms with van der Waals surface area (Å²) in [5.74, 6) is -1.86. The average Bonchev–Trinajstić information content (AvgIpc) is 3.07. The van der Waals surface area contributed by atoms with Gasteiger partial charge in [-0.05, 0) is 31.7 Å². The first-order chi connectivity index (χ1) is 12.7. The van der Waals surface area contributed by atoms with Crippen LogP contribution in [0.3, 0.4) is 0 Å². The molecule has 0 aromatic heterocycles. The highest BCUT2D eigenvalue weighted by Crippen LogP contribution is 2.38. The maximum atomic E-state index is 12.8. The topological polar surface area (TPSA) is 54.0 Å². The molecule has 2 aliphatic rings. The summed E-state index contributed by atoms with van der Waals surface area (Å²) in [5, 5.41) is 0. The van der Waals surface area contributed by atoms with Crippen molar-refractivity contribution in [1.82, 2.24) is 0 Å². The van der Waals surface area contributed by atoms with Gasteiger partial charge in [-0.25, -0.2) is 4.79 Å². The maximum Gasteiger partial charge on any atom is 0.367 e. The van der Waals surface area contributed by atoms with Gasteiger partial charge in [-0.1, -0.05) is 49.6 Å². The van der Waals surface area contributed by atoms with E-state index in [9.17, 15) is 4.79 Å². The van der Waals surface area contributed by atoms with Crippen LogP contribution in [0.5, 0.6) is 0 Å². The number of hydrogen-bond acceptors (Lipinski definition) is 5. The summed E-state index contributed by atoms with van der Waals surface area (Å²) in [6, 6.07) is 10.0. The Kier molecular flexibility index (Phi) is 7.06. The van der Waals surface area contributed by atoms with Crippen LogP contribution in [0.25, 0.3) is 0 Å². The smallest absolute Gasteiger partial charge is 0.367 e. The zero-order valence-corrected chi connectivity index (χ0v) is 15.7. The van der Waals surface area contributed by atoms with E-state index in [-0.39, 0.29) is 12.0 Å². The molecule has 0 spiro atoms. The molecule has 2 unspecified atom stereocenters. The highest BCUT2D eigenvalue weighted by atomic mass is 16.7. The number of benzene rings is 1. The number of rotatable bonds is 8. The van der Waals surface area contributed by atoms with Crippen molar-refractivity contribution >= 4 is 5.97 Å². The number of esters is 1. The third-order valence-corrected chi connectivity index (χ3v) is 5.20. The standard InChI is InChI=1S/C21H30O5/c1-2-24-20(22)21(26-19-11-7-4-8-12-19)18(13-14-25-21)16-23-15-17-9-5-3-6-10-17/h3,5-6,9-10,18-19H,2,4,7-8,11-16H2,1H3. The van der Waals surface area contributed by atoms with Crippen molar-refractivity contribution in [2.75, 3.05) is 19.8 Å². The van der Waals surface area contributed by atoms with Crippen LogP contribution in [-0.2, 0) is 30.3 Å². The lowest BCUT2D eigenvalue weighted by molar-refractivity contribution is -0.267. The maximum absolute atomic E-state index is 12.8. The monoisotopic (exact) mass is 362 g/mol. The molecule has 1 aromatic rings. The van der Waals surface area contributed by atoms with Crippen LogP contribution >= 0.6 is 0 Å². The van der Waals surface area contributed by atoms with Crippen LogP contribution in [0.1, 0.15) is 51.0 Å². The first-order valence-corrected chi connectivity index (χ1v) is 9.85. The Labute approximate surface area is 156 Å². The van der Waals surface area contributed by atoms with E-state index in [1.54, 1.807) is 0 Å². The second-order valence-electron chi connectivity index (χ2n) is 7.10. The van der Waals surface area contributed by atoms with Crippen molar-refractivity contribution in [1.29, 1.82) is 0 Å². The zero-order valence-electron chi connectivity index (χ0n) is 15.7. The molecule has 144 valence electrons. The second-order valence-corrected chi connectivity index (χ2v) is 7.10. The summed E-state index contributed by atoms with van der Waals surface area (Å²) in [6.45, 7) is 3.54. The van der Waals surface area contributed by atoms with Crippen molar-refractivity contribution in [3.8, 4) is 0 Å². The Bertz CT molecular complexity index is 555. The lowest BCUT2D eigenvalue weighted by Crippen LogP contribution is -2.51. The Morgan fingerprint density at radius 3 is 2.65 bits per heavy atom. The lowest BCUT2D eigenvalue weighted by atomic mass is 9.95. The van der Waals surface area contributed by atoms with Crippen LogP contribution in [0.4, 0.5) is 0 Å². The number of ether oxygens (including phenoxy) is 4. The molecule has 26 heavy (non-hydrogen) atoms. The van der Waals surface area contributed by atoms with Crippen molar-refractivity contribution < 1.29 is 23.7 Å². The van der Waals surface area contributed by atoms with Crippen LogP contribution in [0.15, 0.2) is 30.3 Å². The van der Waals surface area contributed by atoms with Gasteiger partial charge in [0.1, 0.15) is 0 Å². The van der Waals surface area contributed by atoms with Crippen LogP contribution in [0.2, 0.25) is 0 Å². The van der Waals surface area contributed by atoms with Crippen LogP contribution < -0.4 is 0 Å². The normalized spacial score (nSPS) is 26.7. The summed E-state index contributed by atoms with van der Waals surface area (Å²) < 4.78 is 23.4. The van der Waals surface area contributed by atoms with Gasteiger partial charge in [0.2, 0.25) is 0 Å². The largest absolute Gasteiger partial charge is 0.462 e. The minimum absolute atomic E-state index is 0.0582. The van der Waals surface area contributed by atoms with Crippen molar-refractivity contribution in [2.24, 2.45) is 5.92 Å². The zero-order chi connectivity index (χ0) is 18.2. The lowest BCUT2D eigenvalue weighted by Gasteiger charge is -2.36. The van der Waals surface area contributed by atoms with Crippen molar-refractivity contribution in [3.63, 3.8) is 0 Å². The summed E-state index contributed by atoms with van der Waals surface area (Å²) in [7, 11) is 0. The van der Waals surface area contributed by atoms with E-state index < -0.39 is 11.8 Å². The molecule has 1 saturated carbocycles. The minimum atomic E-state index is -1.31. The predicted octanol–water partition coefficient (Wildman–Crippen LogP) is 3.85. The Hall–Kier alpha value is -1.43. The van der Waals surface area contributed by atoms with Gasteiger partial charge in [0.15, 0.2) is 0 Å². The molecule has 2 atom stereocenters. The molecule has 1 saturated heterocycles. The van der Waals surface area contributed by atoms with Gasteiger partial charge < -0.3 is 18.9 Å². The molecule has 0 amide bonds. The van der Waals surface area contributed by atoms with Gasteiger partial charge in [-0.15, -0.1) is 0 Å². The van der Waals surface area contributed by atoms with Crippen LogP contribution in [0, 0.1) is 5.92 Å². The van der Waals surface area contributed by atoms with E-state index >= 15 is 0 Å². The van der Waals surface area contributed by atoms with Gasteiger partial charge in [0.05, 0.1) is 38.4 Å². The molecular weight excluding hydrogens is 332 g/mol. The Morgan fingerprint density at radius 2 is 1.92 bits per heavy atom. The molecule has 1 aliphatic heterocycles. The first kappa shape index (κ1) is 19.3. The average molecular weight is 362 g/mol. The Balaban J connectivity index is 1.65. The number of carbonyl (C=O) groups excluding carboxylic acids is 1. The molecule has 0 bridgehead atoms. The van der Waals surface area contributed by atoms with Gasteiger partial charge in [-0.3, -0.25) is 0 Å². The summed E-state index contributed by atoms with van der Waals surface area (Å²) >= 11 is 0. The van der Waals surface area contributed by atoms with E-state index in [1.807, 2.05) is 37.3 Å². The molecule has 5 heteroatoms. The summed E-state index contributed by atoms with van der Waals surface area (Å²) in [4.78, 5) is 12.8. The van der Waals surface area contributed by atoms with E-state index in [1.165, 1.54) is 6.42 Å². The molecule has 0 N–H and O–H groups in total. The second kappa shape index (κ2) is 9.49. The van der Waals surface area contributed by atoms with Crippen molar-refractivity contribution in [3.05, 3.63) is 35.9 Å². The molecule has 5 nitrogen and oxygen atoms in total. The third-order valence-electron chi connectivity index (χ3n) is 5.20. The number of carbonyl (C=O) groups is 1. The van der Waals surface area contributed by atoms with Gasteiger partial charge in [-0.2, -0.15) is 0 Å². The van der Waals surface area contributed by atoms with Gasteiger partial charge >= 0.3 is 5.97 Å². The summed E-state index contributed by atoms with van der Waals surface area (Å²) in [6.07, 6.45) is 6.25. The molecule has 1 aromatic carbocycles. The third kappa shape index (κ3) is 4.64. The molecule has 1 aliphatic carbocycles. The van der Waals surface area contributed by atoms with Gasteiger partial charge in [0.25, 0.3) is 5.79 Å². The predicted molar refractivity (Wildman–Crippen MR) is 97.5 cm³/mol. The molecule has 1 heterocycles. The highest BCUT2D eigenvalue weighted by Gasteiger charge is 2.55. The van der Waals surface area contributed by atoms with Gasteiger partial charge in [0, 0.05) is 0 Å². The molecule has 0 radical (unpaired) electrons. The molecule has 3 rings (SSSR count). The highest BCUT2D eigenvalue weighted by molar-refractivity contribution is 5.78. The van der Waals surface area contributed by atoms with E-state index in [0.717, 1.165) is 37.7 Å². The van der Waals surface area contributed by atoms with E-state index in [0.29, 0.717) is 26.4 Å². The van der Waals surface area contributed by atoms with Crippen LogP contribution in [-0.4, -0.2) is 37.7 Å². The summed E-state index contributed by atoms with van der Waals surface area (Å²) in [5.41, 5.74) is 1.11. The minimum Gasteiger partial charge on any atom is -0.462 e. The first-order valence-electron chi connectivity index (χ1n) is 9.85. The molecular formula is C21H30O5. The fraction of sp³-hybridized carbons (Fsp3) is 0.667. The SMILES string of the molecule is CCOC(=O)C1(OC2CCCCC2)OCCC1COCc1ccccc1. The fourth-order valence-electron chi connectivity index (χ4n) is 3.81. The number of hydrogen-bond donors (Lipinski definition) is 0. The van der Waals surface area contributed by atoms with Crippen molar-refractivity contribution in [2.45, 2.75) is 63.9 Å². The molecule has 2 fully saturated rings. The van der Waals surface area contributed by atoms with E-state index in [2.05, 4.69) is 0 Å². The fourth-order valence-corrected chi connectivity index (χ4v) is 3.81. The quantitative estimate of drug-likeness (QED) is 0.658. The Morgan fingerprint density at radius 1 is 1.15 bits per heavy atom.